The van der Waals surface area contributed by atoms with Crippen molar-refractivity contribution in [2.45, 2.75) is 105 Å². The molecule has 47 heavy (non-hydrogen) atoms. The minimum absolute atomic E-state index is 0.0280. The molecule has 3 heterocycles. The van der Waals surface area contributed by atoms with E-state index < -0.39 is 32.9 Å². The van der Waals surface area contributed by atoms with Gasteiger partial charge in [0.25, 0.3) is 0 Å². The predicted molar refractivity (Wildman–Crippen MR) is 183 cm³/mol. The fourth-order valence-corrected chi connectivity index (χ4v) is 10.0. The summed E-state index contributed by atoms with van der Waals surface area (Å²) < 4.78 is 59.6. The number of esters is 1. The lowest BCUT2D eigenvalue weighted by atomic mass is 9.68. The molecule has 2 saturated heterocycles. The molecule has 3 aliphatic heterocycles. The third kappa shape index (κ3) is 7.61. The van der Waals surface area contributed by atoms with Crippen molar-refractivity contribution >= 4 is 22.0 Å². The van der Waals surface area contributed by atoms with Gasteiger partial charge in [0.15, 0.2) is 0 Å². The molecule has 1 unspecified atom stereocenters. The van der Waals surface area contributed by atoms with Gasteiger partial charge in [0.05, 0.1) is 31.8 Å². The first-order chi connectivity index (χ1) is 21.5. The van der Waals surface area contributed by atoms with Crippen molar-refractivity contribution in [1.82, 2.24) is 0 Å². The second-order valence-corrected chi connectivity index (χ2v) is 20.3. The standard InChI is InChI=1S/C36H52O9P2/c1-31(2,3)18-33(7,8)24-12-14-28-26(16-24)35(11,30(37)44-28)27-17-25(34(9,10)19-32(4,5)6)13-15-29(27)45-47(39)42-22-36(23-43-47)20-40-46(38)41-21-36/h12-17,46H,18-23H2,1-11H3. The largest absolute Gasteiger partial charge is 0.530 e. The highest BCUT2D eigenvalue weighted by Gasteiger charge is 2.52. The quantitative estimate of drug-likeness (QED) is 0.160. The highest BCUT2D eigenvalue weighted by molar-refractivity contribution is 7.49. The van der Waals surface area contributed by atoms with Gasteiger partial charge in [0.2, 0.25) is 0 Å². The maximum atomic E-state index is 14.0. The van der Waals surface area contributed by atoms with E-state index in [-0.39, 0.29) is 53.8 Å². The van der Waals surface area contributed by atoms with E-state index in [0.29, 0.717) is 11.3 Å². The van der Waals surface area contributed by atoms with Crippen molar-refractivity contribution in [1.29, 1.82) is 0 Å². The number of carbonyl (C=O) groups is 1. The summed E-state index contributed by atoms with van der Waals surface area (Å²) in [6, 6.07) is 11.7. The van der Waals surface area contributed by atoms with E-state index in [2.05, 4.69) is 75.3 Å². The van der Waals surface area contributed by atoms with Gasteiger partial charge in [-0.25, -0.2) is 4.57 Å². The van der Waals surface area contributed by atoms with Crippen molar-refractivity contribution in [2.75, 3.05) is 26.4 Å². The molecule has 0 aliphatic carbocycles. The average molecular weight is 691 g/mol. The van der Waals surface area contributed by atoms with Crippen molar-refractivity contribution < 1.29 is 41.3 Å². The zero-order valence-electron chi connectivity index (χ0n) is 29.8. The lowest BCUT2D eigenvalue weighted by Gasteiger charge is -2.40. The van der Waals surface area contributed by atoms with Gasteiger partial charge in [0, 0.05) is 11.1 Å². The molecule has 0 amide bonds. The summed E-state index contributed by atoms with van der Waals surface area (Å²) in [6.07, 6.45) is 1.81. The van der Waals surface area contributed by atoms with E-state index in [4.69, 9.17) is 27.4 Å². The maximum Gasteiger partial charge on any atom is 0.530 e. The molecule has 2 aromatic rings. The Bertz CT molecular complexity index is 1590. The van der Waals surface area contributed by atoms with Gasteiger partial charge in [0.1, 0.15) is 16.9 Å². The van der Waals surface area contributed by atoms with Gasteiger partial charge in [-0.05, 0) is 64.7 Å². The van der Waals surface area contributed by atoms with E-state index in [9.17, 15) is 13.9 Å². The number of rotatable bonds is 7. The van der Waals surface area contributed by atoms with Crippen molar-refractivity contribution in [3.05, 3.63) is 58.7 Å². The van der Waals surface area contributed by atoms with Crippen LogP contribution in [0.4, 0.5) is 0 Å². The van der Waals surface area contributed by atoms with Crippen LogP contribution in [-0.4, -0.2) is 32.4 Å². The minimum Gasteiger partial charge on any atom is -0.425 e. The molecule has 0 N–H and O–H groups in total. The van der Waals surface area contributed by atoms with E-state index in [1.165, 1.54) is 0 Å². The summed E-state index contributed by atoms with van der Waals surface area (Å²) in [6.45, 7) is 24.1. The van der Waals surface area contributed by atoms with Gasteiger partial charge in [-0.2, -0.15) is 0 Å². The second-order valence-electron chi connectivity index (χ2n) is 17.6. The maximum absolute atomic E-state index is 14.0. The van der Waals surface area contributed by atoms with Crippen LogP contribution in [0.2, 0.25) is 0 Å². The van der Waals surface area contributed by atoms with E-state index in [0.717, 1.165) is 29.5 Å². The molecule has 5 rings (SSSR count). The molecule has 9 nitrogen and oxygen atoms in total. The Morgan fingerprint density at radius 1 is 0.766 bits per heavy atom. The molecule has 1 atom stereocenters. The number of ether oxygens (including phenoxy) is 1. The Morgan fingerprint density at radius 2 is 1.26 bits per heavy atom. The van der Waals surface area contributed by atoms with Crippen LogP contribution in [0.15, 0.2) is 36.4 Å². The highest BCUT2D eigenvalue weighted by atomic mass is 31.2. The Labute approximate surface area is 281 Å². The summed E-state index contributed by atoms with van der Waals surface area (Å²) in [4.78, 5) is 14.0. The van der Waals surface area contributed by atoms with Crippen LogP contribution < -0.4 is 9.26 Å². The predicted octanol–water partition coefficient (Wildman–Crippen LogP) is 9.30. The fraction of sp³-hybridized carbons (Fsp3) is 0.639. The van der Waals surface area contributed by atoms with Crippen LogP contribution >= 0.6 is 16.1 Å². The van der Waals surface area contributed by atoms with E-state index in [1.807, 2.05) is 31.2 Å². The molecule has 0 saturated carbocycles. The van der Waals surface area contributed by atoms with Crippen LogP contribution in [0.3, 0.4) is 0 Å². The van der Waals surface area contributed by atoms with Gasteiger partial charge < -0.3 is 18.3 Å². The van der Waals surface area contributed by atoms with Crippen molar-refractivity contribution in [2.24, 2.45) is 16.2 Å². The molecule has 3 aliphatic rings. The van der Waals surface area contributed by atoms with Crippen LogP contribution in [0, 0.1) is 16.2 Å². The SMILES string of the molecule is CC(C)(C)CC(C)(C)c1ccc2c(c1)C(C)(c1cc(C(C)(C)CC(C)(C)C)ccc1OP1(=O)OCC3(CO[PH](=O)OC3)CO1)C(=O)O2. The molecular formula is C36H52O9P2. The lowest BCUT2D eigenvalue weighted by Crippen LogP contribution is -2.45. The average Bonchev–Trinajstić information content (AvgIpc) is 3.19. The topological polar surface area (TPSA) is 107 Å². The van der Waals surface area contributed by atoms with Crippen LogP contribution in [0.1, 0.15) is 111 Å². The van der Waals surface area contributed by atoms with E-state index >= 15 is 0 Å². The number of phosphoric ester groups is 1. The first kappa shape index (κ1) is 36.3. The minimum atomic E-state index is -4.13. The fourth-order valence-electron chi connectivity index (χ4n) is 7.63. The molecule has 11 heteroatoms. The smallest absolute Gasteiger partial charge is 0.425 e. The van der Waals surface area contributed by atoms with Crippen molar-refractivity contribution in [3.63, 3.8) is 0 Å². The van der Waals surface area contributed by atoms with Crippen LogP contribution in [-0.2, 0) is 48.3 Å². The Kier molecular flexibility index (Phi) is 9.35. The summed E-state index contributed by atoms with van der Waals surface area (Å²) in [7, 11) is -6.68. The number of benzene rings is 2. The third-order valence-electron chi connectivity index (χ3n) is 9.42. The van der Waals surface area contributed by atoms with Crippen LogP contribution in [0.25, 0.3) is 0 Å². The van der Waals surface area contributed by atoms with Gasteiger partial charge in [-0.15, -0.1) is 0 Å². The number of phosphoric acid groups is 1. The molecular weight excluding hydrogens is 638 g/mol. The first-order valence-corrected chi connectivity index (χ1v) is 19.1. The number of carbonyl (C=O) groups excluding carboxylic acids is 1. The Morgan fingerprint density at radius 3 is 1.77 bits per heavy atom. The molecule has 0 bridgehead atoms. The zero-order chi connectivity index (χ0) is 34.8. The molecule has 2 aromatic carbocycles. The Hall–Kier alpha value is -1.99. The third-order valence-corrected chi connectivity index (χ3v) is 11.5. The number of hydrogen-bond acceptors (Lipinski definition) is 9. The summed E-state index contributed by atoms with van der Waals surface area (Å²) in [5.41, 5.74) is 1.03. The van der Waals surface area contributed by atoms with Gasteiger partial charge >= 0.3 is 22.0 Å². The molecule has 0 aromatic heterocycles. The highest BCUT2D eigenvalue weighted by Crippen LogP contribution is 2.59. The summed E-state index contributed by atoms with van der Waals surface area (Å²) >= 11 is 0. The molecule has 260 valence electrons. The van der Waals surface area contributed by atoms with Crippen molar-refractivity contribution in [3.8, 4) is 11.5 Å². The Balaban J connectivity index is 1.59. The first-order valence-electron chi connectivity index (χ1n) is 16.4. The molecule has 0 radical (unpaired) electrons. The zero-order valence-corrected chi connectivity index (χ0v) is 31.7. The monoisotopic (exact) mass is 690 g/mol. The van der Waals surface area contributed by atoms with E-state index in [1.54, 1.807) is 6.07 Å². The molecule has 2 fully saturated rings. The second kappa shape index (κ2) is 12.1. The molecule has 1 spiro atoms. The van der Waals surface area contributed by atoms with Crippen LogP contribution in [0.5, 0.6) is 11.5 Å². The summed E-state index contributed by atoms with van der Waals surface area (Å²) in [5.74, 6) is 0.268. The number of hydrogen-bond donors (Lipinski definition) is 0. The number of fused-ring (bicyclic) bond motifs is 1. The van der Waals surface area contributed by atoms with Gasteiger partial charge in [-0.1, -0.05) is 93.5 Å². The van der Waals surface area contributed by atoms with Gasteiger partial charge in [-0.3, -0.25) is 18.4 Å². The lowest BCUT2D eigenvalue weighted by molar-refractivity contribution is -0.136. The summed E-state index contributed by atoms with van der Waals surface area (Å²) in [5, 5.41) is 0. The normalized spacial score (nSPS) is 28.7.